The Morgan fingerprint density at radius 3 is 2.03 bits per heavy atom. The van der Waals surface area contributed by atoms with E-state index in [1.165, 1.54) is 0 Å². The van der Waals surface area contributed by atoms with E-state index in [1.54, 1.807) is 13.2 Å². The van der Waals surface area contributed by atoms with Crippen LogP contribution >= 0.6 is 0 Å². The molecular formula is C26H36N4O2. The Bertz CT molecular complexity index is 1020. The Morgan fingerprint density at radius 2 is 1.50 bits per heavy atom. The number of hydrogen-bond acceptors (Lipinski definition) is 4. The average molecular weight is 437 g/mol. The Morgan fingerprint density at radius 1 is 0.938 bits per heavy atom. The molecule has 0 aromatic heterocycles. The van der Waals surface area contributed by atoms with Crippen molar-refractivity contribution in [2.75, 3.05) is 13.7 Å². The lowest BCUT2D eigenvalue weighted by molar-refractivity contribution is 0.135. The third-order valence-corrected chi connectivity index (χ3v) is 5.29. The first kappa shape index (κ1) is 25.0. The van der Waals surface area contributed by atoms with Crippen molar-refractivity contribution >= 4 is 17.7 Å². The van der Waals surface area contributed by atoms with E-state index in [-0.39, 0.29) is 22.5 Å². The van der Waals surface area contributed by atoms with Gasteiger partial charge in [0.05, 0.1) is 13.7 Å². The highest BCUT2D eigenvalue weighted by Gasteiger charge is 2.28. The highest BCUT2D eigenvalue weighted by Crippen LogP contribution is 2.36. The molecule has 0 radical (unpaired) electrons. The molecule has 0 saturated heterocycles. The van der Waals surface area contributed by atoms with Crippen LogP contribution in [0.3, 0.4) is 0 Å². The van der Waals surface area contributed by atoms with Gasteiger partial charge in [0.25, 0.3) is 0 Å². The topological polar surface area (TPSA) is 118 Å². The van der Waals surface area contributed by atoms with Crippen LogP contribution in [0.25, 0.3) is 6.08 Å². The molecule has 0 saturated carbocycles. The van der Waals surface area contributed by atoms with Gasteiger partial charge in [-0.25, -0.2) is 0 Å². The predicted octanol–water partition coefficient (Wildman–Crippen LogP) is 5.11. The minimum atomic E-state index is -0.0996. The summed E-state index contributed by atoms with van der Waals surface area (Å²) in [6, 6.07) is 11.1. The van der Waals surface area contributed by atoms with Gasteiger partial charge in [-0.15, -0.1) is 0 Å². The van der Waals surface area contributed by atoms with Gasteiger partial charge in [-0.2, -0.15) is 0 Å². The summed E-state index contributed by atoms with van der Waals surface area (Å²) in [5.41, 5.74) is 14.3. The molecule has 0 fully saturated rings. The zero-order chi connectivity index (χ0) is 24.1. The fraction of sp³-hybridized carbons (Fsp3) is 0.385. The number of amidine groups is 2. The molecule has 0 spiro atoms. The van der Waals surface area contributed by atoms with Crippen molar-refractivity contribution in [3.63, 3.8) is 0 Å². The molecule has 0 unspecified atom stereocenters. The molecule has 2 aromatic carbocycles. The lowest BCUT2D eigenvalue weighted by Gasteiger charge is -2.33. The summed E-state index contributed by atoms with van der Waals surface area (Å²) >= 11 is 0. The SMILES string of the molecule is COc1ccc(C(=N)N)cc1/C=C/C(C)(C)CC(C)(C)COc1ccc(C(=N)N)cc1C. The summed E-state index contributed by atoms with van der Waals surface area (Å²) < 4.78 is 11.6. The molecular weight excluding hydrogens is 400 g/mol. The molecule has 2 aromatic rings. The number of benzene rings is 2. The number of hydrogen-bond donors (Lipinski definition) is 4. The summed E-state index contributed by atoms with van der Waals surface area (Å²) in [4.78, 5) is 0. The van der Waals surface area contributed by atoms with Crippen molar-refractivity contribution in [2.24, 2.45) is 22.3 Å². The number of aryl methyl sites for hydroxylation is 1. The summed E-state index contributed by atoms with van der Waals surface area (Å²) in [6.07, 6.45) is 5.10. The third-order valence-electron chi connectivity index (χ3n) is 5.29. The first-order chi connectivity index (χ1) is 14.8. The smallest absolute Gasteiger partial charge is 0.126 e. The van der Waals surface area contributed by atoms with Gasteiger partial charge in [-0.1, -0.05) is 39.8 Å². The molecule has 2 rings (SSSR count). The second-order valence-electron chi connectivity index (χ2n) is 9.72. The second-order valence-corrected chi connectivity index (χ2v) is 9.72. The predicted molar refractivity (Wildman–Crippen MR) is 133 cm³/mol. The van der Waals surface area contributed by atoms with Gasteiger partial charge in [-0.05, 0) is 66.1 Å². The van der Waals surface area contributed by atoms with E-state index in [4.69, 9.17) is 31.8 Å². The number of nitrogens with one attached hydrogen (secondary N) is 2. The maximum atomic E-state index is 7.68. The Kier molecular flexibility index (Phi) is 7.73. The maximum Gasteiger partial charge on any atom is 0.126 e. The lowest BCUT2D eigenvalue weighted by Crippen LogP contribution is -2.28. The average Bonchev–Trinajstić information content (AvgIpc) is 2.70. The van der Waals surface area contributed by atoms with E-state index in [2.05, 4.69) is 33.8 Å². The van der Waals surface area contributed by atoms with Crippen molar-refractivity contribution in [2.45, 2.75) is 41.0 Å². The minimum absolute atomic E-state index is 0.0338. The molecule has 32 heavy (non-hydrogen) atoms. The molecule has 6 nitrogen and oxygen atoms in total. The normalized spacial score (nSPS) is 12.1. The van der Waals surface area contributed by atoms with Crippen molar-refractivity contribution < 1.29 is 9.47 Å². The van der Waals surface area contributed by atoms with E-state index < -0.39 is 0 Å². The quantitative estimate of drug-likeness (QED) is 0.306. The number of nitrogens with two attached hydrogens (primary N) is 2. The monoisotopic (exact) mass is 436 g/mol. The largest absolute Gasteiger partial charge is 0.496 e. The van der Waals surface area contributed by atoms with Crippen LogP contribution < -0.4 is 20.9 Å². The van der Waals surface area contributed by atoms with E-state index in [0.717, 1.165) is 29.0 Å². The van der Waals surface area contributed by atoms with Crippen molar-refractivity contribution in [3.8, 4) is 11.5 Å². The number of rotatable bonds is 10. The van der Waals surface area contributed by atoms with Crippen molar-refractivity contribution in [1.29, 1.82) is 10.8 Å². The minimum Gasteiger partial charge on any atom is -0.496 e. The van der Waals surface area contributed by atoms with Crippen molar-refractivity contribution in [3.05, 3.63) is 64.7 Å². The van der Waals surface area contributed by atoms with Gasteiger partial charge >= 0.3 is 0 Å². The number of ether oxygens (including phenoxy) is 2. The van der Waals surface area contributed by atoms with Gasteiger partial charge in [0, 0.05) is 16.7 Å². The van der Waals surface area contributed by atoms with Gasteiger partial charge in [0.15, 0.2) is 0 Å². The van der Waals surface area contributed by atoms with Gasteiger partial charge in [0.1, 0.15) is 23.2 Å². The molecule has 6 heteroatoms. The number of allylic oxidation sites excluding steroid dienone is 1. The van der Waals surface area contributed by atoms with Gasteiger partial charge in [0.2, 0.25) is 0 Å². The van der Waals surface area contributed by atoms with Crippen LogP contribution in [-0.4, -0.2) is 25.4 Å². The molecule has 172 valence electrons. The van der Waals surface area contributed by atoms with Crippen LogP contribution in [-0.2, 0) is 0 Å². The highest BCUT2D eigenvalue weighted by atomic mass is 16.5. The fourth-order valence-electron chi connectivity index (χ4n) is 3.94. The molecule has 6 N–H and O–H groups in total. The molecule has 0 aliphatic carbocycles. The number of methoxy groups -OCH3 is 1. The van der Waals surface area contributed by atoms with Crippen LogP contribution in [0.1, 0.15) is 56.4 Å². The molecule has 0 aliphatic heterocycles. The maximum absolute atomic E-state index is 7.68. The Labute approximate surface area is 191 Å². The number of nitrogen functional groups attached to an aromatic ring is 2. The molecule has 0 aliphatic rings. The summed E-state index contributed by atoms with van der Waals surface area (Å²) in [5.74, 6) is 1.64. The summed E-state index contributed by atoms with van der Waals surface area (Å²) in [6.45, 7) is 11.3. The van der Waals surface area contributed by atoms with Crippen molar-refractivity contribution in [1.82, 2.24) is 0 Å². The van der Waals surface area contributed by atoms with E-state index in [1.807, 2.05) is 43.3 Å². The van der Waals surface area contributed by atoms with Crippen LogP contribution in [0.4, 0.5) is 0 Å². The van der Waals surface area contributed by atoms with Gasteiger partial charge in [-0.3, -0.25) is 10.8 Å². The van der Waals surface area contributed by atoms with Gasteiger partial charge < -0.3 is 20.9 Å². The van der Waals surface area contributed by atoms with E-state index in [0.29, 0.717) is 17.7 Å². The lowest BCUT2D eigenvalue weighted by atomic mass is 9.75. The van der Waals surface area contributed by atoms with E-state index >= 15 is 0 Å². The van der Waals surface area contributed by atoms with Crippen LogP contribution in [0.5, 0.6) is 11.5 Å². The van der Waals surface area contributed by atoms with E-state index in [9.17, 15) is 0 Å². The van der Waals surface area contributed by atoms with Crippen LogP contribution in [0.15, 0.2) is 42.5 Å². The molecule has 0 bridgehead atoms. The second kappa shape index (κ2) is 9.90. The van der Waals surface area contributed by atoms with Crippen LogP contribution in [0, 0.1) is 28.6 Å². The standard InChI is InChI=1S/C26H36N4O2/c1-17-13-19(23(27)28)7-9-21(17)32-16-26(4,5)15-25(2,3)12-11-18-14-20(24(29)30)8-10-22(18)31-6/h7-14H,15-16H2,1-6H3,(H3,27,28)(H3,29,30)/b12-11+. The molecule has 0 atom stereocenters. The Hall–Kier alpha value is -3.28. The molecule has 0 amide bonds. The first-order valence-electron chi connectivity index (χ1n) is 10.6. The first-order valence-corrected chi connectivity index (χ1v) is 10.6. The fourth-order valence-corrected chi connectivity index (χ4v) is 3.94. The zero-order valence-corrected chi connectivity index (χ0v) is 20.0. The highest BCUT2D eigenvalue weighted by molar-refractivity contribution is 5.96. The third kappa shape index (κ3) is 6.87. The summed E-state index contributed by atoms with van der Waals surface area (Å²) in [5, 5.41) is 15.2. The zero-order valence-electron chi connectivity index (χ0n) is 20.0. The molecule has 0 heterocycles. The Balaban J connectivity index is 2.11. The van der Waals surface area contributed by atoms with Crippen LogP contribution in [0.2, 0.25) is 0 Å². The summed E-state index contributed by atoms with van der Waals surface area (Å²) in [7, 11) is 1.64.